The van der Waals surface area contributed by atoms with Gasteiger partial charge in [-0.25, -0.2) is 0 Å². The number of carbonyl (C=O) groups is 1. The third-order valence-electron chi connectivity index (χ3n) is 5.26. The van der Waals surface area contributed by atoms with Gasteiger partial charge in [-0.1, -0.05) is 30.7 Å². The Balaban J connectivity index is 1.63. The van der Waals surface area contributed by atoms with Crippen LogP contribution in [-0.4, -0.2) is 25.6 Å². The van der Waals surface area contributed by atoms with Crippen LogP contribution in [0, 0.1) is 5.92 Å². The van der Waals surface area contributed by atoms with E-state index in [2.05, 4.69) is 41.4 Å². The average molecular weight is 401 g/mol. The summed E-state index contributed by atoms with van der Waals surface area (Å²) >= 11 is 6.20. The Bertz CT molecular complexity index is 807. The van der Waals surface area contributed by atoms with Crippen LogP contribution in [0.25, 0.3) is 0 Å². The zero-order valence-electron chi connectivity index (χ0n) is 16.9. The van der Waals surface area contributed by atoms with Crippen molar-refractivity contribution in [3.05, 3.63) is 58.6 Å². The maximum absolute atomic E-state index is 12.6. The van der Waals surface area contributed by atoms with Crippen LogP contribution in [-0.2, 0) is 0 Å². The molecule has 1 aliphatic rings. The lowest BCUT2D eigenvalue weighted by Gasteiger charge is -2.33. The van der Waals surface area contributed by atoms with Crippen molar-refractivity contribution in [2.75, 3.05) is 24.6 Å². The lowest BCUT2D eigenvalue weighted by atomic mass is 9.99. The van der Waals surface area contributed by atoms with Gasteiger partial charge < -0.3 is 15.0 Å². The molecule has 2 aromatic carbocycles. The fourth-order valence-corrected chi connectivity index (χ4v) is 3.91. The summed E-state index contributed by atoms with van der Waals surface area (Å²) in [4.78, 5) is 15.0. The van der Waals surface area contributed by atoms with Crippen molar-refractivity contribution >= 4 is 23.2 Å². The van der Waals surface area contributed by atoms with E-state index in [1.807, 2.05) is 13.8 Å². The third-order valence-corrected chi connectivity index (χ3v) is 5.55. The molecule has 0 radical (unpaired) electrons. The molecule has 1 heterocycles. The molecule has 0 bridgehead atoms. The Morgan fingerprint density at radius 3 is 2.68 bits per heavy atom. The quantitative estimate of drug-likeness (QED) is 0.699. The van der Waals surface area contributed by atoms with E-state index in [1.54, 1.807) is 18.2 Å². The molecule has 150 valence electrons. The summed E-state index contributed by atoms with van der Waals surface area (Å²) in [5.74, 6) is 1.19. The highest BCUT2D eigenvalue weighted by Crippen LogP contribution is 2.27. The van der Waals surface area contributed by atoms with E-state index < -0.39 is 0 Å². The summed E-state index contributed by atoms with van der Waals surface area (Å²) in [6, 6.07) is 13.5. The van der Waals surface area contributed by atoms with Crippen LogP contribution < -0.4 is 15.0 Å². The normalized spacial score (nSPS) is 17.9. The number of ether oxygens (including phenoxy) is 1. The summed E-state index contributed by atoms with van der Waals surface area (Å²) in [6.07, 6.45) is 2.56. The lowest BCUT2D eigenvalue weighted by molar-refractivity contribution is 0.0940. The number of amides is 1. The minimum Gasteiger partial charge on any atom is -0.492 e. The zero-order chi connectivity index (χ0) is 20.1. The van der Waals surface area contributed by atoms with Crippen molar-refractivity contribution in [1.82, 2.24) is 5.32 Å². The molecular weight excluding hydrogens is 372 g/mol. The van der Waals surface area contributed by atoms with E-state index in [4.69, 9.17) is 16.3 Å². The first-order valence-corrected chi connectivity index (χ1v) is 10.4. The highest BCUT2D eigenvalue weighted by atomic mass is 35.5. The van der Waals surface area contributed by atoms with Crippen molar-refractivity contribution in [1.29, 1.82) is 0 Å². The topological polar surface area (TPSA) is 41.6 Å². The first-order valence-electron chi connectivity index (χ1n) is 10.1. The molecule has 4 nitrogen and oxygen atoms in total. The number of rotatable bonds is 6. The number of nitrogens with one attached hydrogen (secondary N) is 1. The molecule has 0 unspecified atom stereocenters. The molecular formula is C23H29ClN2O2. The zero-order valence-corrected chi connectivity index (χ0v) is 17.6. The van der Waals surface area contributed by atoms with Gasteiger partial charge in [-0.15, -0.1) is 0 Å². The van der Waals surface area contributed by atoms with E-state index in [9.17, 15) is 4.79 Å². The second-order valence-electron chi connectivity index (χ2n) is 7.56. The van der Waals surface area contributed by atoms with Gasteiger partial charge in [0.05, 0.1) is 17.7 Å². The molecule has 2 aromatic rings. The van der Waals surface area contributed by atoms with Crippen LogP contribution in [0.15, 0.2) is 42.5 Å². The number of carbonyl (C=O) groups excluding carboxylic acids is 1. The first-order chi connectivity index (χ1) is 13.5. The molecule has 1 saturated heterocycles. The molecule has 0 saturated carbocycles. The van der Waals surface area contributed by atoms with Crippen molar-refractivity contribution < 1.29 is 9.53 Å². The second-order valence-corrected chi connectivity index (χ2v) is 7.97. The summed E-state index contributed by atoms with van der Waals surface area (Å²) in [6.45, 7) is 8.97. The largest absolute Gasteiger partial charge is 0.492 e. The molecule has 5 heteroatoms. The summed E-state index contributed by atoms with van der Waals surface area (Å²) in [5, 5.41) is 3.49. The van der Waals surface area contributed by atoms with E-state index in [1.165, 1.54) is 18.5 Å². The van der Waals surface area contributed by atoms with Crippen LogP contribution >= 0.6 is 11.6 Å². The number of anilines is 1. The van der Waals surface area contributed by atoms with Gasteiger partial charge in [-0.2, -0.15) is 0 Å². The van der Waals surface area contributed by atoms with E-state index in [-0.39, 0.29) is 11.9 Å². The van der Waals surface area contributed by atoms with Crippen LogP contribution in [0.3, 0.4) is 0 Å². The first kappa shape index (κ1) is 20.5. The maximum atomic E-state index is 12.6. The highest BCUT2D eigenvalue weighted by molar-refractivity contribution is 6.32. The van der Waals surface area contributed by atoms with E-state index in [0.29, 0.717) is 22.9 Å². The van der Waals surface area contributed by atoms with Crippen molar-refractivity contribution in [2.45, 2.75) is 39.7 Å². The number of hydrogen-bond donors (Lipinski definition) is 1. The van der Waals surface area contributed by atoms with Gasteiger partial charge in [0, 0.05) is 24.3 Å². The van der Waals surface area contributed by atoms with Crippen molar-refractivity contribution in [3.63, 3.8) is 0 Å². The number of nitrogens with zero attached hydrogens (tertiary/aromatic N) is 1. The van der Waals surface area contributed by atoms with Crippen LogP contribution in [0.5, 0.6) is 5.75 Å². The number of piperidine rings is 1. The van der Waals surface area contributed by atoms with Gasteiger partial charge in [0.15, 0.2) is 0 Å². The molecule has 0 aromatic heterocycles. The maximum Gasteiger partial charge on any atom is 0.251 e. The van der Waals surface area contributed by atoms with Crippen LogP contribution in [0.2, 0.25) is 5.02 Å². The molecule has 1 N–H and O–H groups in total. The number of halogens is 1. The predicted octanol–water partition coefficient (Wildman–Crippen LogP) is 5.47. The Morgan fingerprint density at radius 2 is 2.04 bits per heavy atom. The molecule has 2 atom stereocenters. The molecule has 1 fully saturated rings. The summed E-state index contributed by atoms with van der Waals surface area (Å²) in [5.41, 5.74) is 2.87. The Labute approximate surface area is 172 Å². The minimum atomic E-state index is -0.147. The smallest absolute Gasteiger partial charge is 0.251 e. The van der Waals surface area contributed by atoms with Crippen LogP contribution in [0.4, 0.5) is 5.69 Å². The standard InChI is InChI=1S/C23H29ClN2O2/c1-4-28-22-12-9-19(14-21(22)24)23(27)25-17(3)18-7-10-20(11-8-18)26-13-5-6-16(2)15-26/h7-12,14,16-17H,4-6,13,15H2,1-3H3,(H,25,27)/t16-,17-/m0/s1. The highest BCUT2D eigenvalue weighted by Gasteiger charge is 2.17. The third kappa shape index (κ3) is 4.99. The molecule has 0 aliphatic carbocycles. The fourth-order valence-electron chi connectivity index (χ4n) is 3.68. The monoisotopic (exact) mass is 400 g/mol. The lowest BCUT2D eigenvalue weighted by Crippen LogP contribution is -2.34. The number of benzene rings is 2. The second kappa shape index (κ2) is 9.33. The molecule has 0 spiro atoms. The summed E-state index contributed by atoms with van der Waals surface area (Å²) in [7, 11) is 0. The summed E-state index contributed by atoms with van der Waals surface area (Å²) < 4.78 is 5.42. The van der Waals surface area contributed by atoms with Crippen molar-refractivity contribution in [3.8, 4) is 5.75 Å². The molecule has 1 aliphatic heterocycles. The molecule has 1 amide bonds. The Kier molecular flexibility index (Phi) is 6.84. The van der Waals surface area contributed by atoms with Crippen molar-refractivity contribution in [2.24, 2.45) is 5.92 Å². The van der Waals surface area contributed by atoms with Gasteiger partial charge in [-0.3, -0.25) is 4.79 Å². The molecule has 28 heavy (non-hydrogen) atoms. The number of hydrogen-bond acceptors (Lipinski definition) is 3. The van der Waals surface area contributed by atoms with E-state index in [0.717, 1.165) is 24.6 Å². The van der Waals surface area contributed by atoms with Gasteiger partial charge >= 0.3 is 0 Å². The Morgan fingerprint density at radius 1 is 1.29 bits per heavy atom. The molecule has 3 rings (SSSR count). The van der Waals surface area contributed by atoms with Crippen LogP contribution in [0.1, 0.15) is 55.6 Å². The van der Waals surface area contributed by atoms with Gasteiger partial charge in [0.25, 0.3) is 5.91 Å². The van der Waals surface area contributed by atoms with Gasteiger partial charge in [0.1, 0.15) is 5.75 Å². The Hall–Kier alpha value is -2.20. The fraction of sp³-hybridized carbons (Fsp3) is 0.435. The average Bonchev–Trinajstić information content (AvgIpc) is 2.69. The SMILES string of the molecule is CCOc1ccc(C(=O)N[C@@H](C)c2ccc(N3CCC[C@H](C)C3)cc2)cc1Cl. The predicted molar refractivity (Wildman–Crippen MR) is 116 cm³/mol. The van der Waals surface area contributed by atoms with E-state index >= 15 is 0 Å². The van der Waals surface area contributed by atoms with Gasteiger partial charge in [0.2, 0.25) is 0 Å². The minimum absolute atomic E-state index is 0.0906. The van der Waals surface area contributed by atoms with Gasteiger partial charge in [-0.05, 0) is 68.5 Å².